The number of nitrogens with one attached hydrogen (secondary N) is 1. The zero-order chi connectivity index (χ0) is 30.8. The van der Waals surface area contributed by atoms with E-state index in [2.05, 4.69) is 5.32 Å². The number of benzene rings is 4. The third-order valence-electron chi connectivity index (χ3n) is 7.06. The fourth-order valence-electron chi connectivity index (χ4n) is 4.97. The smallest absolute Gasteiger partial charge is 0.309 e. The van der Waals surface area contributed by atoms with Gasteiger partial charge in [-0.25, -0.2) is 0 Å². The van der Waals surface area contributed by atoms with Crippen LogP contribution in [0.25, 0.3) is 28.1 Å². The molecule has 10 heteroatoms. The van der Waals surface area contributed by atoms with Gasteiger partial charge in [0.15, 0.2) is 11.5 Å². The first kappa shape index (κ1) is 28.4. The maximum absolute atomic E-state index is 13.0. The predicted molar refractivity (Wildman–Crippen MR) is 164 cm³/mol. The zero-order valence-corrected chi connectivity index (χ0v) is 24.5. The molecule has 1 aliphatic rings. The van der Waals surface area contributed by atoms with Gasteiger partial charge in [0, 0.05) is 29.8 Å². The number of ether oxygens (including phenoxy) is 5. The van der Waals surface area contributed by atoms with Crippen LogP contribution in [0.1, 0.15) is 22.8 Å². The molecule has 0 atom stereocenters. The van der Waals surface area contributed by atoms with Crippen LogP contribution in [0.15, 0.2) is 84.9 Å². The first-order chi connectivity index (χ1) is 21.3. The number of anilines is 1. The Balaban J connectivity index is 1.44. The molecule has 0 unspecified atom stereocenters. The molecule has 1 N–H and O–H groups in total. The Hall–Kier alpha value is -5.77. The van der Waals surface area contributed by atoms with Gasteiger partial charge in [0.25, 0.3) is 5.91 Å². The van der Waals surface area contributed by atoms with Gasteiger partial charge in [-0.2, -0.15) is 9.78 Å². The van der Waals surface area contributed by atoms with Gasteiger partial charge < -0.3 is 29.0 Å². The maximum atomic E-state index is 13.0. The number of esters is 1. The first-order valence-electron chi connectivity index (χ1n) is 13.8. The fourth-order valence-corrected chi connectivity index (χ4v) is 4.97. The fraction of sp³-hybridized carbons (Fsp3) is 0.147. The summed E-state index contributed by atoms with van der Waals surface area (Å²) in [5.41, 5.74) is 5.20. The minimum absolute atomic E-state index is 0.127. The van der Waals surface area contributed by atoms with E-state index in [4.69, 9.17) is 28.8 Å². The third-order valence-corrected chi connectivity index (χ3v) is 7.06. The Kier molecular flexibility index (Phi) is 7.63. The van der Waals surface area contributed by atoms with Crippen LogP contribution < -0.4 is 29.0 Å². The van der Waals surface area contributed by atoms with Crippen molar-refractivity contribution >= 4 is 17.6 Å². The molecule has 1 amide bonds. The molecule has 0 fully saturated rings. The van der Waals surface area contributed by atoms with E-state index in [1.54, 1.807) is 55.3 Å². The molecule has 5 aromatic rings. The van der Waals surface area contributed by atoms with Crippen molar-refractivity contribution in [3.8, 4) is 56.9 Å². The summed E-state index contributed by atoms with van der Waals surface area (Å²) in [6.45, 7) is 3.45. The van der Waals surface area contributed by atoms with Crippen molar-refractivity contribution in [3.63, 3.8) is 0 Å². The molecule has 0 aliphatic carbocycles. The van der Waals surface area contributed by atoms with Crippen LogP contribution in [-0.4, -0.2) is 42.7 Å². The van der Waals surface area contributed by atoms with Crippen molar-refractivity contribution in [1.82, 2.24) is 9.78 Å². The number of amides is 1. The topological polar surface area (TPSA) is 110 Å². The molecule has 10 nitrogen and oxygen atoms in total. The number of hydrogen-bond acceptors (Lipinski definition) is 8. The summed E-state index contributed by atoms with van der Waals surface area (Å²) >= 11 is 0. The number of hydrogen-bond donors (Lipinski definition) is 1. The monoisotopic (exact) mass is 591 g/mol. The summed E-state index contributed by atoms with van der Waals surface area (Å²) in [5, 5.41) is 7.87. The van der Waals surface area contributed by atoms with Crippen molar-refractivity contribution in [1.29, 1.82) is 0 Å². The number of fused-ring (bicyclic) bond motifs is 1. The molecule has 0 bridgehead atoms. The van der Waals surface area contributed by atoms with Crippen molar-refractivity contribution in [2.24, 2.45) is 0 Å². The van der Waals surface area contributed by atoms with Gasteiger partial charge in [-0.05, 0) is 72.6 Å². The van der Waals surface area contributed by atoms with Crippen LogP contribution in [0, 0.1) is 6.92 Å². The highest BCUT2D eigenvalue weighted by atomic mass is 16.7. The summed E-state index contributed by atoms with van der Waals surface area (Å²) in [6, 6.07) is 25.4. The normalized spacial score (nSPS) is 11.6. The Morgan fingerprint density at radius 2 is 1.68 bits per heavy atom. The minimum Gasteiger partial charge on any atom is -0.497 e. The number of rotatable bonds is 8. The van der Waals surface area contributed by atoms with Crippen LogP contribution in [0.5, 0.6) is 28.9 Å². The molecule has 0 radical (unpaired) electrons. The largest absolute Gasteiger partial charge is 0.497 e. The van der Waals surface area contributed by atoms with Gasteiger partial charge in [-0.1, -0.05) is 24.3 Å². The predicted octanol–water partition coefficient (Wildman–Crippen LogP) is 6.44. The summed E-state index contributed by atoms with van der Waals surface area (Å²) in [4.78, 5) is 25.4. The lowest BCUT2D eigenvalue weighted by atomic mass is 10.00. The number of carbonyl (C=O) groups excluding carboxylic acids is 2. The van der Waals surface area contributed by atoms with Crippen LogP contribution in [0.2, 0.25) is 0 Å². The molecule has 0 saturated carbocycles. The number of aryl methyl sites for hydroxylation is 1. The summed E-state index contributed by atoms with van der Waals surface area (Å²) in [6.07, 6.45) is 0. The second kappa shape index (κ2) is 11.8. The van der Waals surface area contributed by atoms with Gasteiger partial charge in [0.05, 0.1) is 25.5 Å². The number of carbonyl (C=O) groups is 2. The second-order valence-corrected chi connectivity index (χ2v) is 10.0. The molecule has 222 valence electrons. The van der Waals surface area contributed by atoms with Crippen molar-refractivity contribution < 1.29 is 33.3 Å². The van der Waals surface area contributed by atoms with Gasteiger partial charge in [-0.3, -0.25) is 9.59 Å². The molecule has 0 saturated heterocycles. The van der Waals surface area contributed by atoms with E-state index in [9.17, 15) is 9.59 Å². The molecule has 4 aromatic carbocycles. The number of nitrogens with zero attached hydrogens (tertiary/aromatic N) is 2. The average Bonchev–Trinajstić information content (AvgIpc) is 3.65. The maximum Gasteiger partial charge on any atom is 0.309 e. The second-order valence-electron chi connectivity index (χ2n) is 10.0. The summed E-state index contributed by atoms with van der Waals surface area (Å²) in [7, 11) is 3.15. The summed E-state index contributed by atoms with van der Waals surface area (Å²) < 4.78 is 29.3. The van der Waals surface area contributed by atoms with Gasteiger partial charge in [-0.15, -0.1) is 0 Å². The van der Waals surface area contributed by atoms with Crippen LogP contribution in [0.4, 0.5) is 5.69 Å². The lowest BCUT2D eigenvalue weighted by molar-refractivity contribution is -0.132. The molecular weight excluding hydrogens is 562 g/mol. The van der Waals surface area contributed by atoms with Crippen LogP contribution in [-0.2, 0) is 4.79 Å². The standard InChI is InChI=1S/C34H29N3O7/c1-20-6-5-7-25(16-20)37-34(44-21(2)38)31(32(36-37)27-14-13-26(40-3)18-29(27)41-4)22-8-11-24(12-9-22)35-33(39)23-10-15-28-30(17-23)43-19-42-28/h5-18H,19H2,1-4H3,(H,35,39). The highest BCUT2D eigenvalue weighted by Crippen LogP contribution is 2.44. The third kappa shape index (κ3) is 5.52. The number of methoxy groups -OCH3 is 2. The molecule has 0 spiro atoms. The van der Waals surface area contributed by atoms with E-state index in [1.165, 1.54) is 6.92 Å². The molecule has 2 heterocycles. The quantitative estimate of drug-likeness (QED) is 0.205. The van der Waals surface area contributed by atoms with Crippen molar-refractivity contribution in [2.45, 2.75) is 13.8 Å². The van der Waals surface area contributed by atoms with E-state index in [0.29, 0.717) is 62.3 Å². The highest BCUT2D eigenvalue weighted by molar-refractivity contribution is 6.05. The van der Waals surface area contributed by atoms with Crippen LogP contribution in [0.3, 0.4) is 0 Å². The van der Waals surface area contributed by atoms with E-state index in [1.807, 2.05) is 55.5 Å². The Labute approximate surface area is 253 Å². The van der Waals surface area contributed by atoms with Crippen LogP contribution >= 0.6 is 0 Å². The minimum atomic E-state index is -0.499. The van der Waals surface area contributed by atoms with Gasteiger partial charge >= 0.3 is 5.97 Å². The Bertz CT molecular complexity index is 1880. The van der Waals surface area contributed by atoms with Crippen molar-refractivity contribution in [3.05, 3.63) is 96.1 Å². The van der Waals surface area contributed by atoms with E-state index in [-0.39, 0.29) is 18.6 Å². The van der Waals surface area contributed by atoms with E-state index >= 15 is 0 Å². The van der Waals surface area contributed by atoms with Crippen molar-refractivity contribution in [2.75, 3.05) is 26.3 Å². The lowest BCUT2D eigenvalue weighted by Gasteiger charge is -2.12. The average molecular weight is 592 g/mol. The first-order valence-corrected chi connectivity index (χ1v) is 13.8. The summed E-state index contributed by atoms with van der Waals surface area (Å²) in [5.74, 6) is 1.72. The van der Waals surface area contributed by atoms with Gasteiger partial charge in [0.1, 0.15) is 17.2 Å². The molecule has 1 aromatic heterocycles. The molecular formula is C34H29N3O7. The van der Waals surface area contributed by atoms with E-state index in [0.717, 1.165) is 5.56 Å². The highest BCUT2D eigenvalue weighted by Gasteiger charge is 2.27. The molecule has 1 aliphatic heterocycles. The lowest BCUT2D eigenvalue weighted by Crippen LogP contribution is -2.11. The molecule has 6 rings (SSSR count). The van der Waals surface area contributed by atoms with E-state index < -0.39 is 5.97 Å². The number of aromatic nitrogens is 2. The Morgan fingerprint density at radius 3 is 2.41 bits per heavy atom. The van der Waals surface area contributed by atoms with Gasteiger partial charge in [0.2, 0.25) is 12.7 Å². The SMILES string of the molecule is COc1ccc(-c2nn(-c3cccc(C)c3)c(OC(C)=O)c2-c2ccc(NC(=O)c3ccc4c(c3)OCO4)cc2)c(OC)c1. The Morgan fingerprint density at radius 1 is 0.886 bits per heavy atom. The molecule has 44 heavy (non-hydrogen) atoms. The zero-order valence-electron chi connectivity index (χ0n) is 24.5.